The molecule has 0 rings (SSSR count). The number of amides is 2. The van der Waals surface area contributed by atoms with Crippen molar-refractivity contribution in [1.29, 1.82) is 0 Å². The fourth-order valence-corrected chi connectivity index (χ4v) is 2.69. The van der Waals surface area contributed by atoms with Crippen LogP contribution in [-0.2, 0) is 0 Å². The van der Waals surface area contributed by atoms with Gasteiger partial charge in [-0.25, -0.2) is 9.59 Å². The topological polar surface area (TPSA) is 139 Å². The molecule has 2 amide bonds. The molecule has 0 aliphatic heterocycles. The van der Waals surface area contributed by atoms with Crippen molar-refractivity contribution in [3.63, 3.8) is 0 Å². The summed E-state index contributed by atoms with van der Waals surface area (Å²) in [6.07, 6.45) is -0.937. The summed E-state index contributed by atoms with van der Waals surface area (Å²) >= 11 is 0. The molecule has 8 nitrogen and oxygen atoms in total. The molecule has 0 heterocycles. The summed E-state index contributed by atoms with van der Waals surface area (Å²) in [6, 6.07) is 0. The van der Waals surface area contributed by atoms with Gasteiger partial charge in [-0.15, -0.1) is 0 Å². The molecule has 0 aliphatic carbocycles. The molecule has 0 aromatic carbocycles. The van der Waals surface area contributed by atoms with Crippen molar-refractivity contribution in [2.45, 2.75) is 64.8 Å². The average Bonchev–Trinajstić information content (AvgIpc) is 2.37. The molecule has 0 aromatic rings. The summed E-state index contributed by atoms with van der Waals surface area (Å²) in [6.45, 7) is 5.56. The first-order valence-corrected chi connectivity index (χ1v) is 7.62. The molecule has 0 fully saturated rings. The zero-order valence-electron chi connectivity index (χ0n) is 13.4. The van der Waals surface area contributed by atoms with Crippen molar-refractivity contribution >= 4 is 12.2 Å². The molecule has 0 radical (unpaired) electrons. The minimum Gasteiger partial charge on any atom is -0.465 e. The molecule has 0 saturated heterocycles. The van der Waals surface area contributed by atoms with Gasteiger partial charge < -0.3 is 20.4 Å². The summed E-state index contributed by atoms with van der Waals surface area (Å²) in [5.41, 5.74) is 0. The van der Waals surface area contributed by atoms with Crippen LogP contribution in [0.4, 0.5) is 9.59 Å². The molecule has 3 unspecified atom stereocenters. The Morgan fingerprint density at radius 3 is 1.86 bits per heavy atom. The van der Waals surface area contributed by atoms with Crippen molar-refractivity contribution in [1.82, 2.24) is 10.6 Å². The van der Waals surface area contributed by atoms with E-state index in [1.165, 1.54) is 0 Å². The van der Waals surface area contributed by atoms with E-state index in [0.717, 1.165) is 6.42 Å². The lowest BCUT2D eigenvalue weighted by Gasteiger charge is -2.37. The third-order valence-electron chi connectivity index (χ3n) is 3.92. The average molecular weight is 320 g/mol. The molecule has 6 N–H and O–H groups in total. The van der Waals surface area contributed by atoms with Gasteiger partial charge in [0.2, 0.25) is 5.85 Å². The minimum absolute atomic E-state index is 0.150. The van der Waals surface area contributed by atoms with E-state index in [2.05, 4.69) is 0 Å². The highest BCUT2D eigenvalue weighted by atomic mass is 16.4. The van der Waals surface area contributed by atoms with Crippen LogP contribution in [0.2, 0.25) is 0 Å². The second kappa shape index (κ2) is 9.47. The van der Waals surface area contributed by atoms with E-state index in [1.807, 2.05) is 24.5 Å². The van der Waals surface area contributed by atoms with Gasteiger partial charge in [-0.3, -0.25) is 10.6 Å². The Morgan fingerprint density at radius 2 is 1.55 bits per heavy atom. The number of carboxylic acid groups (broad SMARTS) is 2. The molecule has 3 atom stereocenters. The lowest BCUT2D eigenvalue weighted by molar-refractivity contribution is -0.0806. The minimum atomic E-state index is -2.29. The van der Waals surface area contributed by atoms with E-state index in [-0.39, 0.29) is 5.92 Å². The van der Waals surface area contributed by atoms with Crippen LogP contribution in [0.1, 0.15) is 52.9 Å². The molecule has 0 saturated carbocycles. The second-order valence-corrected chi connectivity index (χ2v) is 5.49. The lowest BCUT2D eigenvalue weighted by Crippen LogP contribution is -2.64. The SMILES string of the molecule is CCCC(O)C(CC)CC(CC)C(O)(NC(=O)O)NC(=O)O. The van der Waals surface area contributed by atoms with E-state index < -0.39 is 30.1 Å². The predicted octanol–water partition coefficient (Wildman–Crippen LogP) is 1.77. The quantitative estimate of drug-likeness (QED) is 0.339. The maximum absolute atomic E-state index is 10.9. The highest BCUT2D eigenvalue weighted by molar-refractivity contribution is 5.69. The van der Waals surface area contributed by atoms with E-state index in [1.54, 1.807) is 6.92 Å². The first-order chi connectivity index (χ1) is 10.2. The smallest absolute Gasteiger partial charge is 0.408 e. The Morgan fingerprint density at radius 1 is 1.05 bits per heavy atom. The van der Waals surface area contributed by atoms with Crippen LogP contribution in [0.5, 0.6) is 0 Å². The zero-order valence-corrected chi connectivity index (χ0v) is 13.4. The summed E-state index contributed by atoms with van der Waals surface area (Å²) in [4.78, 5) is 21.7. The molecular formula is C14H28N2O6. The Bertz CT molecular complexity index is 347. The summed E-state index contributed by atoms with van der Waals surface area (Å²) < 4.78 is 0. The van der Waals surface area contributed by atoms with Crippen LogP contribution in [0.25, 0.3) is 0 Å². The van der Waals surface area contributed by atoms with Crippen molar-refractivity contribution in [3.8, 4) is 0 Å². The second-order valence-electron chi connectivity index (χ2n) is 5.49. The van der Waals surface area contributed by atoms with E-state index >= 15 is 0 Å². The monoisotopic (exact) mass is 320 g/mol. The van der Waals surface area contributed by atoms with Crippen LogP contribution in [-0.4, -0.2) is 44.6 Å². The molecule has 0 bridgehead atoms. The first kappa shape index (κ1) is 20.5. The summed E-state index contributed by atoms with van der Waals surface area (Å²) in [5, 5.41) is 41.9. The summed E-state index contributed by atoms with van der Waals surface area (Å²) in [7, 11) is 0. The highest BCUT2D eigenvalue weighted by Gasteiger charge is 2.40. The summed E-state index contributed by atoms with van der Waals surface area (Å²) in [5.74, 6) is -3.13. The molecule has 22 heavy (non-hydrogen) atoms. The van der Waals surface area contributed by atoms with Crippen LogP contribution < -0.4 is 10.6 Å². The van der Waals surface area contributed by atoms with Crippen LogP contribution in [0.15, 0.2) is 0 Å². The molecule has 130 valence electrons. The van der Waals surface area contributed by atoms with Crippen molar-refractivity contribution < 1.29 is 30.0 Å². The van der Waals surface area contributed by atoms with Gasteiger partial charge in [0.1, 0.15) is 0 Å². The fraction of sp³-hybridized carbons (Fsp3) is 0.857. The predicted molar refractivity (Wildman–Crippen MR) is 80.4 cm³/mol. The Hall–Kier alpha value is -1.54. The van der Waals surface area contributed by atoms with Crippen molar-refractivity contribution in [2.24, 2.45) is 11.8 Å². The third-order valence-corrected chi connectivity index (χ3v) is 3.92. The molecule has 0 aliphatic rings. The maximum Gasteiger partial charge on any atom is 0.408 e. The lowest BCUT2D eigenvalue weighted by atomic mass is 9.83. The van der Waals surface area contributed by atoms with E-state index in [9.17, 15) is 19.8 Å². The molecular weight excluding hydrogens is 292 g/mol. The number of aliphatic hydroxyl groups is 2. The van der Waals surface area contributed by atoms with Gasteiger partial charge in [0.05, 0.1) is 6.10 Å². The molecule has 0 spiro atoms. The van der Waals surface area contributed by atoms with Crippen molar-refractivity contribution in [2.75, 3.05) is 0 Å². The molecule has 8 heteroatoms. The Kier molecular flexibility index (Phi) is 8.81. The number of hydrogen-bond acceptors (Lipinski definition) is 4. The fourth-order valence-electron chi connectivity index (χ4n) is 2.69. The number of carbonyl (C=O) groups is 2. The van der Waals surface area contributed by atoms with Crippen LogP contribution >= 0.6 is 0 Å². The third kappa shape index (κ3) is 6.48. The largest absolute Gasteiger partial charge is 0.465 e. The van der Waals surface area contributed by atoms with Gasteiger partial charge >= 0.3 is 12.2 Å². The van der Waals surface area contributed by atoms with Crippen molar-refractivity contribution in [3.05, 3.63) is 0 Å². The van der Waals surface area contributed by atoms with Gasteiger partial charge in [0.25, 0.3) is 0 Å². The Balaban J connectivity index is 5.19. The van der Waals surface area contributed by atoms with Crippen LogP contribution in [0.3, 0.4) is 0 Å². The number of hydrogen-bond donors (Lipinski definition) is 6. The Labute approximate surface area is 130 Å². The van der Waals surface area contributed by atoms with Crippen LogP contribution in [0, 0.1) is 11.8 Å². The normalized spacial score (nSPS) is 15.7. The van der Waals surface area contributed by atoms with Gasteiger partial charge in [0.15, 0.2) is 0 Å². The standard InChI is InChI=1S/C14H28N2O6/c1-4-7-11(17)9(5-2)8-10(6-3)14(22,15-12(18)19)16-13(20)21/h9-11,15-17,22H,4-8H2,1-3H3,(H,18,19)(H,20,21). The van der Waals surface area contributed by atoms with Gasteiger partial charge in [-0.1, -0.05) is 33.6 Å². The zero-order chi connectivity index (χ0) is 17.3. The number of nitrogens with one attached hydrogen (secondary N) is 2. The van der Waals surface area contributed by atoms with Gasteiger partial charge in [-0.05, 0) is 25.2 Å². The van der Waals surface area contributed by atoms with E-state index in [4.69, 9.17) is 10.2 Å². The molecule has 0 aromatic heterocycles. The van der Waals surface area contributed by atoms with Gasteiger partial charge in [0, 0.05) is 5.92 Å². The first-order valence-electron chi connectivity index (χ1n) is 7.62. The van der Waals surface area contributed by atoms with E-state index in [0.29, 0.717) is 25.7 Å². The highest BCUT2D eigenvalue weighted by Crippen LogP contribution is 2.29. The maximum atomic E-state index is 10.9. The van der Waals surface area contributed by atoms with Gasteiger partial charge in [-0.2, -0.15) is 0 Å². The number of rotatable bonds is 10. The number of aliphatic hydroxyl groups excluding tert-OH is 1.